The molecule has 0 fully saturated rings. The molecule has 10 heteroatoms. The van der Waals surface area contributed by atoms with Crippen LogP contribution in [0.25, 0.3) is 11.0 Å². The van der Waals surface area contributed by atoms with Gasteiger partial charge in [0.2, 0.25) is 21.8 Å². The number of para-hydroxylation sites is 2. The number of rotatable bonds is 9. The third-order valence-corrected chi connectivity index (χ3v) is 6.47. The molecular weight excluding hydrogens is 430 g/mol. The van der Waals surface area contributed by atoms with Crippen LogP contribution >= 0.6 is 0 Å². The Bertz CT molecular complexity index is 1220. The van der Waals surface area contributed by atoms with E-state index in [-0.39, 0.29) is 10.8 Å². The van der Waals surface area contributed by atoms with Crippen molar-refractivity contribution < 1.29 is 18.0 Å². The number of aryl methyl sites for hydroxylation is 2. The van der Waals surface area contributed by atoms with Gasteiger partial charge in [-0.1, -0.05) is 12.1 Å². The number of imidazole rings is 1. The van der Waals surface area contributed by atoms with E-state index in [1.807, 2.05) is 31.2 Å². The molecule has 1 aromatic heterocycles. The van der Waals surface area contributed by atoms with Gasteiger partial charge >= 0.3 is 0 Å². The minimum atomic E-state index is -3.88. The normalized spacial score (nSPS) is 12.5. The molecule has 2 amide bonds. The number of fused-ring (bicyclic) bond motifs is 1. The summed E-state index contributed by atoms with van der Waals surface area (Å²) < 4.78 is 29.6. The molecular formula is C22H27N5O4S. The number of nitrogens with zero attached hydrogens (tertiary/aromatic N) is 2. The zero-order valence-corrected chi connectivity index (χ0v) is 19.1. The van der Waals surface area contributed by atoms with Gasteiger partial charge in [-0.2, -0.15) is 4.72 Å². The zero-order chi connectivity index (χ0) is 23.3. The summed E-state index contributed by atoms with van der Waals surface area (Å²) in [6.07, 6.45) is 0.678. The highest BCUT2D eigenvalue weighted by Crippen LogP contribution is 2.16. The van der Waals surface area contributed by atoms with Gasteiger partial charge in [-0.05, 0) is 56.7 Å². The van der Waals surface area contributed by atoms with E-state index in [0.29, 0.717) is 25.2 Å². The van der Waals surface area contributed by atoms with E-state index in [0.717, 1.165) is 16.9 Å². The van der Waals surface area contributed by atoms with E-state index in [9.17, 15) is 18.0 Å². The third-order valence-electron chi connectivity index (χ3n) is 4.91. The first-order chi connectivity index (χ1) is 15.2. The van der Waals surface area contributed by atoms with Crippen LogP contribution in [-0.4, -0.2) is 42.4 Å². The quantitative estimate of drug-likeness (QED) is 0.425. The third kappa shape index (κ3) is 5.71. The van der Waals surface area contributed by atoms with Crippen molar-refractivity contribution in [3.8, 4) is 0 Å². The Morgan fingerprint density at radius 1 is 1.09 bits per heavy atom. The summed E-state index contributed by atoms with van der Waals surface area (Å²) in [4.78, 5) is 28.0. The molecule has 0 aliphatic heterocycles. The Hall–Kier alpha value is -3.24. The first-order valence-electron chi connectivity index (χ1n) is 10.3. The van der Waals surface area contributed by atoms with Crippen LogP contribution in [0.1, 0.15) is 26.1 Å². The summed E-state index contributed by atoms with van der Waals surface area (Å²) in [6.45, 7) is 5.89. The number of benzene rings is 2. The molecule has 170 valence electrons. The highest BCUT2D eigenvalue weighted by atomic mass is 32.2. The Balaban J connectivity index is 1.50. The van der Waals surface area contributed by atoms with Gasteiger partial charge in [-0.3, -0.25) is 9.59 Å². The molecule has 0 saturated carbocycles. The van der Waals surface area contributed by atoms with Crippen molar-refractivity contribution in [3.63, 3.8) is 0 Å². The van der Waals surface area contributed by atoms with Gasteiger partial charge in [0.05, 0.1) is 22.0 Å². The molecule has 1 atom stereocenters. The Labute approximate surface area is 187 Å². The maximum Gasteiger partial charge on any atom is 0.241 e. The molecule has 2 aromatic carbocycles. The lowest BCUT2D eigenvalue weighted by Gasteiger charge is -2.15. The second-order valence-corrected chi connectivity index (χ2v) is 9.21. The van der Waals surface area contributed by atoms with E-state index in [1.54, 1.807) is 0 Å². The Morgan fingerprint density at radius 3 is 2.47 bits per heavy atom. The van der Waals surface area contributed by atoms with Gasteiger partial charge in [0.1, 0.15) is 5.82 Å². The minimum Gasteiger partial charge on any atom is -0.355 e. The summed E-state index contributed by atoms with van der Waals surface area (Å²) in [7, 11) is -3.88. The van der Waals surface area contributed by atoms with E-state index in [2.05, 4.69) is 24.9 Å². The van der Waals surface area contributed by atoms with Crippen molar-refractivity contribution in [1.29, 1.82) is 0 Å². The van der Waals surface area contributed by atoms with Gasteiger partial charge in [0, 0.05) is 25.7 Å². The highest BCUT2D eigenvalue weighted by Gasteiger charge is 2.22. The van der Waals surface area contributed by atoms with Gasteiger partial charge in [0.25, 0.3) is 0 Å². The van der Waals surface area contributed by atoms with E-state index >= 15 is 0 Å². The number of anilines is 1. The van der Waals surface area contributed by atoms with Gasteiger partial charge in [-0.25, -0.2) is 13.4 Å². The fourth-order valence-corrected chi connectivity index (χ4v) is 4.56. The van der Waals surface area contributed by atoms with Crippen molar-refractivity contribution >= 4 is 38.6 Å². The maximum absolute atomic E-state index is 12.5. The number of amides is 2. The summed E-state index contributed by atoms with van der Waals surface area (Å²) >= 11 is 0. The van der Waals surface area contributed by atoms with Crippen LogP contribution in [-0.2, 0) is 26.2 Å². The van der Waals surface area contributed by atoms with Crippen molar-refractivity contribution in [2.75, 3.05) is 11.9 Å². The van der Waals surface area contributed by atoms with Crippen molar-refractivity contribution in [1.82, 2.24) is 19.6 Å². The molecule has 3 aromatic rings. The van der Waals surface area contributed by atoms with Gasteiger partial charge in [-0.15, -0.1) is 0 Å². The molecule has 9 nitrogen and oxygen atoms in total. The Kier molecular flexibility index (Phi) is 7.26. The molecule has 0 aliphatic rings. The SMILES string of the molecule is CC(=O)Nc1ccc(S(=O)(=O)N[C@@H](C)C(=O)NCCCn2c(C)nc3ccccc32)cc1. The zero-order valence-electron chi connectivity index (χ0n) is 18.3. The van der Waals surface area contributed by atoms with Crippen LogP contribution in [0.5, 0.6) is 0 Å². The monoisotopic (exact) mass is 457 g/mol. The number of hydrogen-bond acceptors (Lipinski definition) is 5. The molecule has 0 aliphatic carbocycles. The summed E-state index contributed by atoms with van der Waals surface area (Å²) in [5, 5.41) is 5.34. The van der Waals surface area contributed by atoms with Crippen LogP contribution in [0.15, 0.2) is 53.4 Å². The van der Waals surface area contributed by atoms with Crippen LogP contribution < -0.4 is 15.4 Å². The van der Waals surface area contributed by atoms with E-state index in [4.69, 9.17) is 0 Å². The molecule has 0 saturated heterocycles. The maximum atomic E-state index is 12.5. The minimum absolute atomic E-state index is 0.00807. The smallest absolute Gasteiger partial charge is 0.241 e. The van der Waals surface area contributed by atoms with E-state index in [1.165, 1.54) is 38.1 Å². The van der Waals surface area contributed by atoms with Gasteiger partial charge in [0.15, 0.2) is 0 Å². The lowest BCUT2D eigenvalue weighted by Crippen LogP contribution is -2.45. The lowest BCUT2D eigenvalue weighted by molar-refractivity contribution is -0.122. The van der Waals surface area contributed by atoms with Crippen molar-refractivity contribution in [3.05, 3.63) is 54.4 Å². The van der Waals surface area contributed by atoms with Crippen LogP contribution in [0.3, 0.4) is 0 Å². The summed E-state index contributed by atoms with van der Waals surface area (Å²) in [6, 6.07) is 12.7. The first-order valence-corrected chi connectivity index (χ1v) is 11.8. The first kappa shape index (κ1) is 23.4. The number of aromatic nitrogens is 2. The average molecular weight is 458 g/mol. The number of sulfonamides is 1. The van der Waals surface area contributed by atoms with Gasteiger partial charge < -0.3 is 15.2 Å². The predicted molar refractivity (Wildman–Crippen MR) is 123 cm³/mol. The number of nitrogens with one attached hydrogen (secondary N) is 3. The summed E-state index contributed by atoms with van der Waals surface area (Å²) in [5.41, 5.74) is 2.47. The second kappa shape index (κ2) is 9.92. The fraction of sp³-hybridized carbons (Fsp3) is 0.318. The molecule has 0 radical (unpaired) electrons. The molecule has 0 unspecified atom stereocenters. The number of carbonyl (C=O) groups is 2. The largest absolute Gasteiger partial charge is 0.355 e. The molecule has 0 bridgehead atoms. The molecule has 1 heterocycles. The van der Waals surface area contributed by atoms with Crippen LogP contribution in [0.4, 0.5) is 5.69 Å². The molecule has 32 heavy (non-hydrogen) atoms. The van der Waals surface area contributed by atoms with Crippen LogP contribution in [0.2, 0.25) is 0 Å². The van der Waals surface area contributed by atoms with Crippen molar-refractivity contribution in [2.24, 2.45) is 0 Å². The molecule has 3 rings (SSSR count). The fourth-order valence-electron chi connectivity index (χ4n) is 3.36. The predicted octanol–water partition coefficient (Wildman–Crippen LogP) is 2.18. The average Bonchev–Trinajstić information content (AvgIpc) is 3.05. The standard InChI is InChI=1S/C22H27N5O4S/c1-15(26-32(30,31)19-11-9-18(10-12-19)25-17(3)28)22(29)23-13-6-14-27-16(2)24-20-7-4-5-8-21(20)27/h4-5,7-12,15,26H,6,13-14H2,1-3H3,(H,23,29)(H,25,28)/t15-/m0/s1. The Morgan fingerprint density at radius 2 is 1.78 bits per heavy atom. The summed E-state index contributed by atoms with van der Waals surface area (Å²) in [5.74, 6) is 0.249. The van der Waals surface area contributed by atoms with E-state index < -0.39 is 22.0 Å². The number of carbonyl (C=O) groups excluding carboxylic acids is 2. The topological polar surface area (TPSA) is 122 Å². The van der Waals surface area contributed by atoms with Crippen molar-refractivity contribution in [2.45, 2.75) is 44.7 Å². The molecule has 0 spiro atoms. The lowest BCUT2D eigenvalue weighted by atomic mass is 10.3. The highest BCUT2D eigenvalue weighted by molar-refractivity contribution is 7.89. The number of hydrogen-bond donors (Lipinski definition) is 3. The second-order valence-electron chi connectivity index (χ2n) is 7.49. The molecule has 3 N–H and O–H groups in total. The van der Waals surface area contributed by atoms with Crippen LogP contribution in [0, 0.1) is 6.92 Å².